The minimum absolute atomic E-state index is 0.0964. The first-order valence-corrected chi connectivity index (χ1v) is 6.15. The highest BCUT2D eigenvalue weighted by molar-refractivity contribution is 6.06. The van der Waals surface area contributed by atoms with Gasteiger partial charge in [-0.15, -0.1) is 0 Å². The van der Waals surface area contributed by atoms with Crippen molar-refractivity contribution in [1.29, 1.82) is 0 Å². The quantitative estimate of drug-likeness (QED) is 0.686. The van der Waals surface area contributed by atoms with Gasteiger partial charge in [0.15, 0.2) is 5.76 Å². The van der Waals surface area contributed by atoms with E-state index in [2.05, 4.69) is 4.98 Å². The van der Waals surface area contributed by atoms with Crippen LogP contribution in [0.25, 0.3) is 11.3 Å². The van der Waals surface area contributed by atoms with Crippen molar-refractivity contribution in [2.75, 3.05) is 0 Å². The number of benzene rings is 2. The number of rotatable bonds is 3. The van der Waals surface area contributed by atoms with Crippen LogP contribution in [0.4, 0.5) is 8.78 Å². The Bertz CT molecular complexity index is 777. The molecule has 0 unspecified atom stereocenters. The number of carbonyl (C=O) groups is 1. The lowest BCUT2D eigenvalue weighted by molar-refractivity contribution is 0.100. The molecule has 3 nitrogen and oxygen atoms in total. The molecule has 1 aromatic heterocycles. The van der Waals surface area contributed by atoms with Crippen LogP contribution >= 0.6 is 0 Å². The molecule has 1 heterocycles. The number of nitrogens with zero attached hydrogens (tertiary/aromatic N) is 1. The molecule has 104 valence electrons. The Morgan fingerprint density at radius 2 is 1.48 bits per heavy atom. The second kappa shape index (κ2) is 5.28. The van der Waals surface area contributed by atoms with E-state index in [0.29, 0.717) is 11.3 Å². The minimum Gasteiger partial charge on any atom is -0.433 e. The van der Waals surface area contributed by atoms with Crippen LogP contribution < -0.4 is 0 Å². The molecule has 0 radical (unpaired) electrons. The fourth-order valence-electron chi connectivity index (χ4n) is 1.85. The summed E-state index contributed by atoms with van der Waals surface area (Å²) in [6.45, 7) is 0. The Labute approximate surface area is 118 Å². The molecule has 0 fully saturated rings. The number of ketones is 1. The summed E-state index contributed by atoms with van der Waals surface area (Å²) in [7, 11) is 0. The number of hydrogen-bond acceptors (Lipinski definition) is 3. The monoisotopic (exact) mass is 285 g/mol. The lowest BCUT2D eigenvalue weighted by Crippen LogP contribution is -2.01. The molecule has 0 N–H and O–H groups in total. The van der Waals surface area contributed by atoms with Crippen molar-refractivity contribution in [3.8, 4) is 11.3 Å². The summed E-state index contributed by atoms with van der Waals surface area (Å²) in [4.78, 5) is 16.0. The van der Waals surface area contributed by atoms with E-state index >= 15 is 0 Å². The van der Waals surface area contributed by atoms with Gasteiger partial charge in [-0.3, -0.25) is 4.79 Å². The topological polar surface area (TPSA) is 43.1 Å². The lowest BCUT2D eigenvalue weighted by Gasteiger charge is -1.97. The lowest BCUT2D eigenvalue weighted by atomic mass is 10.1. The van der Waals surface area contributed by atoms with Gasteiger partial charge in [0, 0.05) is 11.1 Å². The predicted molar refractivity (Wildman–Crippen MR) is 71.7 cm³/mol. The summed E-state index contributed by atoms with van der Waals surface area (Å²) < 4.78 is 31.1. The average molecular weight is 285 g/mol. The second-order valence-electron chi connectivity index (χ2n) is 4.37. The molecular weight excluding hydrogens is 276 g/mol. The van der Waals surface area contributed by atoms with E-state index in [4.69, 9.17) is 4.42 Å². The summed E-state index contributed by atoms with van der Waals surface area (Å²) in [5.41, 5.74) is 0.894. The fourth-order valence-corrected chi connectivity index (χ4v) is 1.85. The molecule has 3 aromatic rings. The van der Waals surface area contributed by atoms with E-state index in [9.17, 15) is 13.6 Å². The number of oxazole rings is 1. The van der Waals surface area contributed by atoms with Crippen LogP contribution in [0.5, 0.6) is 0 Å². The molecule has 0 spiro atoms. The highest BCUT2D eigenvalue weighted by atomic mass is 19.1. The third-order valence-corrected chi connectivity index (χ3v) is 2.94. The zero-order valence-corrected chi connectivity index (χ0v) is 10.7. The number of halogens is 2. The van der Waals surface area contributed by atoms with Crippen LogP contribution in [0.15, 0.2) is 59.1 Å². The van der Waals surface area contributed by atoms with E-state index in [1.165, 1.54) is 54.7 Å². The predicted octanol–water partition coefficient (Wildman–Crippen LogP) is 3.85. The van der Waals surface area contributed by atoms with Gasteiger partial charge in [0.05, 0.1) is 6.20 Å². The van der Waals surface area contributed by atoms with E-state index in [1.807, 2.05) is 0 Å². The van der Waals surface area contributed by atoms with Gasteiger partial charge in [-0.1, -0.05) is 0 Å². The van der Waals surface area contributed by atoms with E-state index in [1.54, 1.807) is 0 Å². The summed E-state index contributed by atoms with van der Waals surface area (Å²) in [5.74, 6) is -0.961. The van der Waals surface area contributed by atoms with Crippen molar-refractivity contribution in [3.63, 3.8) is 0 Å². The highest BCUT2D eigenvalue weighted by Gasteiger charge is 2.16. The van der Waals surface area contributed by atoms with Crippen molar-refractivity contribution < 1.29 is 18.0 Å². The van der Waals surface area contributed by atoms with E-state index in [-0.39, 0.29) is 17.3 Å². The summed E-state index contributed by atoms with van der Waals surface area (Å²) in [6.07, 6.45) is 1.39. The molecule has 0 atom stereocenters. The van der Waals surface area contributed by atoms with Gasteiger partial charge >= 0.3 is 0 Å². The van der Waals surface area contributed by atoms with Crippen LogP contribution in [0.1, 0.15) is 16.2 Å². The highest BCUT2D eigenvalue weighted by Crippen LogP contribution is 2.22. The molecule has 3 rings (SSSR count). The Morgan fingerprint density at radius 3 is 2.10 bits per heavy atom. The smallest absolute Gasteiger partial charge is 0.268 e. The van der Waals surface area contributed by atoms with Crippen molar-refractivity contribution >= 4 is 5.78 Å². The zero-order valence-electron chi connectivity index (χ0n) is 10.7. The second-order valence-corrected chi connectivity index (χ2v) is 4.37. The maximum absolute atomic E-state index is 12.9. The minimum atomic E-state index is -0.441. The van der Waals surface area contributed by atoms with Crippen molar-refractivity contribution in [2.45, 2.75) is 0 Å². The van der Waals surface area contributed by atoms with Gasteiger partial charge in [-0.25, -0.2) is 13.8 Å². The fraction of sp³-hybridized carbons (Fsp3) is 0. The van der Waals surface area contributed by atoms with Crippen molar-refractivity contribution in [2.24, 2.45) is 0 Å². The van der Waals surface area contributed by atoms with Crippen LogP contribution in [0.2, 0.25) is 0 Å². The van der Waals surface area contributed by atoms with Crippen LogP contribution in [-0.4, -0.2) is 10.8 Å². The van der Waals surface area contributed by atoms with Crippen LogP contribution in [0, 0.1) is 11.6 Å². The molecule has 2 aromatic carbocycles. The molecule has 0 saturated carbocycles. The molecule has 0 saturated heterocycles. The Hall–Kier alpha value is -2.82. The largest absolute Gasteiger partial charge is 0.433 e. The Kier molecular flexibility index (Phi) is 3.31. The average Bonchev–Trinajstić information content (AvgIpc) is 2.98. The Balaban J connectivity index is 1.89. The molecule has 0 aliphatic heterocycles. The summed E-state index contributed by atoms with van der Waals surface area (Å²) in [5, 5.41) is 0. The third kappa shape index (κ3) is 2.72. The normalized spacial score (nSPS) is 10.6. The van der Waals surface area contributed by atoms with Gasteiger partial charge in [0.25, 0.3) is 5.89 Å². The van der Waals surface area contributed by atoms with Gasteiger partial charge in [-0.2, -0.15) is 0 Å². The first-order valence-electron chi connectivity index (χ1n) is 6.15. The zero-order chi connectivity index (χ0) is 14.8. The van der Waals surface area contributed by atoms with Gasteiger partial charge < -0.3 is 4.42 Å². The molecule has 0 amide bonds. The molecule has 5 heteroatoms. The number of aromatic nitrogens is 1. The van der Waals surface area contributed by atoms with Crippen LogP contribution in [0.3, 0.4) is 0 Å². The molecule has 21 heavy (non-hydrogen) atoms. The van der Waals surface area contributed by atoms with Crippen LogP contribution in [-0.2, 0) is 0 Å². The summed E-state index contributed by atoms with van der Waals surface area (Å²) >= 11 is 0. The number of hydrogen-bond donors (Lipinski definition) is 0. The van der Waals surface area contributed by atoms with Gasteiger partial charge in [0.1, 0.15) is 11.6 Å². The van der Waals surface area contributed by atoms with Crippen molar-refractivity contribution in [1.82, 2.24) is 4.98 Å². The first kappa shape index (κ1) is 13.2. The SMILES string of the molecule is O=C(c1ccc(F)cc1)c1ncc(-c2ccc(F)cc2)o1. The van der Waals surface area contributed by atoms with Crippen molar-refractivity contribution in [3.05, 3.63) is 77.8 Å². The standard InChI is InChI=1S/C16H9F2NO2/c17-12-5-1-10(2-6-12)14-9-19-16(21-14)15(20)11-3-7-13(18)8-4-11/h1-9H. The first-order chi connectivity index (χ1) is 10.1. The van der Waals surface area contributed by atoms with Gasteiger partial charge in [-0.05, 0) is 48.5 Å². The van der Waals surface area contributed by atoms with E-state index in [0.717, 1.165) is 0 Å². The van der Waals surface area contributed by atoms with E-state index < -0.39 is 11.6 Å². The molecule has 0 aliphatic carbocycles. The molecule has 0 bridgehead atoms. The third-order valence-electron chi connectivity index (χ3n) is 2.94. The number of carbonyl (C=O) groups excluding carboxylic acids is 1. The molecule has 0 aliphatic rings. The maximum atomic E-state index is 12.9. The molecular formula is C16H9F2NO2. The maximum Gasteiger partial charge on any atom is 0.268 e. The van der Waals surface area contributed by atoms with Gasteiger partial charge in [0.2, 0.25) is 5.78 Å². The Morgan fingerprint density at radius 1 is 0.905 bits per heavy atom. The summed E-state index contributed by atoms with van der Waals surface area (Å²) in [6, 6.07) is 10.7.